The number of aromatic nitrogens is 4. The van der Waals surface area contributed by atoms with Crippen molar-refractivity contribution in [1.82, 2.24) is 19.7 Å². The number of aryl methyl sites for hydroxylation is 1. The highest BCUT2D eigenvalue weighted by molar-refractivity contribution is 9.11. The van der Waals surface area contributed by atoms with Crippen LogP contribution < -0.4 is 11.1 Å². The van der Waals surface area contributed by atoms with Crippen molar-refractivity contribution in [1.29, 1.82) is 0 Å². The van der Waals surface area contributed by atoms with E-state index in [0.29, 0.717) is 20.6 Å². The van der Waals surface area contributed by atoms with E-state index in [0.717, 1.165) is 0 Å². The molecule has 3 N–H and O–H groups in total. The van der Waals surface area contributed by atoms with Crippen LogP contribution in [0, 0.1) is 0 Å². The number of rotatable bonds is 3. The topological polar surface area (TPSA) is 98.7 Å². The third-order valence-electron chi connectivity index (χ3n) is 2.31. The van der Waals surface area contributed by atoms with E-state index in [1.807, 2.05) is 0 Å². The lowest BCUT2D eigenvalue weighted by Gasteiger charge is -2.10. The average molecular weight is 390 g/mol. The first-order chi connectivity index (χ1) is 8.97. The second-order valence-corrected chi connectivity index (χ2v) is 5.31. The molecule has 0 radical (unpaired) electrons. The minimum atomic E-state index is -0.814. The molecule has 100 valence electrons. The van der Waals surface area contributed by atoms with Gasteiger partial charge in [-0.25, -0.2) is 9.97 Å². The monoisotopic (exact) mass is 388 g/mol. The maximum Gasteiger partial charge on any atom is 0.247 e. The third kappa shape index (κ3) is 3.37. The van der Waals surface area contributed by atoms with Crippen molar-refractivity contribution in [2.24, 2.45) is 12.8 Å². The summed E-state index contributed by atoms with van der Waals surface area (Å²) in [4.78, 5) is 20.1. The molecular formula is C10H10Br2N6O. The Balaban J connectivity index is 2.12. The van der Waals surface area contributed by atoms with Crippen molar-refractivity contribution in [3.05, 3.63) is 33.4 Å². The molecule has 2 rings (SSSR count). The second kappa shape index (κ2) is 5.76. The molecule has 2 aromatic heterocycles. The molecule has 2 aromatic rings. The van der Waals surface area contributed by atoms with Crippen molar-refractivity contribution in [2.75, 3.05) is 5.32 Å². The van der Waals surface area contributed by atoms with E-state index in [4.69, 9.17) is 5.73 Å². The summed E-state index contributed by atoms with van der Waals surface area (Å²) in [5.74, 6) is -0.0714. The molecule has 7 nitrogen and oxygen atoms in total. The van der Waals surface area contributed by atoms with Crippen LogP contribution in [0.25, 0.3) is 0 Å². The van der Waals surface area contributed by atoms with Gasteiger partial charge >= 0.3 is 0 Å². The Kier molecular flexibility index (Phi) is 4.27. The van der Waals surface area contributed by atoms with Gasteiger partial charge in [0.05, 0.1) is 12.4 Å². The summed E-state index contributed by atoms with van der Waals surface area (Å²) in [5.41, 5.74) is 6.47. The molecule has 0 aliphatic heterocycles. The maximum absolute atomic E-state index is 12.0. The summed E-state index contributed by atoms with van der Waals surface area (Å²) < 4.78 is 2.57. The lowest BCUT2D eigenvalue weighted by Crippen LogP contribution is -2.28. The van der Waals surface area contributed by atoms with Crippen LogP contribution in [0.4, 0.5) is 5.82 Å². The lowest BCUT2D eigenvalue weighted by atomic mass is 10.1. The summed E-state index contributed by atoms with van der Waals surface area (Å²) in [6, 6.07) is -0.814. The number of hydrogen-bond acceptors (Lipinski definition) is 5. The normalized spacial score (nSPS) is 12.2. The molecule has 19 heavy (non-hydrogen) atoms. The number of nitrogens with one attached hydrogen (secondary N) is 1. The molecule has 0 aliphatic rings. The molecule has 0 spiro atoms. The van der Waals surface area contributed by atoms with E-state index >= 15 is 0 Å². The van der Waals surface area contributed by atoms with Crippen molar-refractivity contribution < 1.29 is 4.79 Å². The van der Waals surface area contributed by atoms with Crippen LogP contribution in [-0.4, -0.2) is 25.7 Å². The van der Waals surface area contributed by atoms with Crippen LogP contribution in [0.5, 0.6) is 0 Å². The van der Waals surface area contributed by atoms with Crippen molar-refractivity contribution in [3.63, 3.8) is 0 Å². The highest BCUT2D eigenvalue weighted by Gasteiger charge is 2.19. The number of nitrogens with zero attached hydrogens (tertiary/aromatic N) is 4. The fourth-order valence-corrected chi connectivity index (χ4v) is 2.29. The van der Waals surface area contributed by atoms with E-state index in [2.05, 4.69) is 52.2 Å². The standard InChI is InChI=1S/C10H10Br2N6O/c1-18-4-5(2-15-18)7(13)10(19)17-9-8(12)16-6(11)3-14-9/h2-4,7H,13H2,1H3,(H,14,17,19). The quantitative estimate of drug-likeness (QED) is 0.825. The molecule has 0 aromatic carbocycles. The summed E-state index contributed by atoms with van der Waals surface area (Å²) in [5, 5.41) is 6.57. The summed E-state index contributed by atoms with van der Waals surface area (Å²) in [6.07, 6.45) is 4.72. The number of amides is 1. The number of nitrogens with two attached hydrogens (primary N) is 1. The number of carbonyl (C=O) groups excluding carboxylic acids is 1. The zero-order valence-corrected chi connectivity index (χ0v) is 13.0. The molecule has 1 unspecified atom stereocenters. The van der Waals surface area contributed by atoms with E-state index < -0.39 is 6.04 Å². The number of halogens is 2. The van der Waals surface area contributed by atoms with Crippen LogP contribution in [0.1, 0.15) is 11.6 Å². The number of anilines is 1. The minimum absolute atomic E-state index is 0.313. The van der Waals surface area contributed by atoms with E-state index in [1.54, 1.807) is 24.1 Å². The molecule has 2 heterocycles. The van der Waals surface area contributed by atoms with Crippen molar-refractivity contribution >= 4 is 43.6 Å². The Hall–Kier alpha value is -1.32. The SMILES string of the molecule is Cn1cc(C(N)C(=O)Nc2ncc(Br)nc2Br)cn1. The number of carbonyl (C=O) groups is 1. The zero-order valence-electron chi connectivity index (χ0n) is 9.84. The first kappa shape index (κ1) is 14.1. The Morgan fingerprint density at radius 2 is 2.21 bits per heavy atom. The van der Waals surface area contributed by atoms with Crippen molar-refractivity contribution in [2.45, 2.75) is 6.04 Å². The van der Waals surface area contributed by atoms with Gasteiger partial charge in [0.1, 0.15) is 15.2 Å². The predicted molar refractivity (Wildman–Crippen MR) is 76.2 cm³/mol. The molecule has 9 heteroatoms. The fraction of sp³-hybridized carbons (Fsp3) is 0.200. The van der Waals surface area contributed by atoms with Gasteiger partial charge in [0.15, 0.2) is 5.82 Å². The molecule has 1 amide bonds. The summed E-state index contributed by atoms with van der Waals surface area (Å²) in [6.45, 7) is 0. The van der Waals surface area contributed by atoms with Crippen LogP contribution in [0.3, 0.4) is 0 Å². The lowest BCUT2D eigenvalue weighted by molar-refractivity contribution is -0.117. The van der Waals surface area contributed by atoms with Crippen LogP contribution in [0.2, 0.25) is 0 Å². The molecule has 0 bridgehead atoms. The molecular weight excluding hydrogens is 380 g/mol. The Bertz CT molecular complexity index is 614. The Morgan fingerprint density at radius 1 is 1.47 bits per heavy atom. The van der Waals surface area contributed by atoms with Gasteiger partial charge in [-0.15, -0.1) is 0 Å². The average Bonchev–Trinajstić information content (AvgIpc) is 2.78. The van der Waals surface area contributed by atoms with Gasteiger partial charge in [0.25, 0.3) is 0 Å². The Labute approximate surface area is 125 Å². The minimum Gasteiger partial charge on any atom is -0.316 e. The van der Waals surface area contributed by atoms with Gasteiger partial charge in [0, 0.05) is 18.8 Å². The van der Waals surface area contributed by atoms with Gasteiger partial charge in [-0.1, -0.05) is 0 Å². The second-order valence-electron chi connectivity index (χ2n) is 3.75. The van der Waals surface area contributed by atoms with Gasteiger partial charge in [0.2, 0.25) is 5.91 Å². The fourth-order valence-electron chi connectivity index (χ4n) is 1.38. The van der Waals surface area contributed by atoms with E-state index in [-0.39, 0.29) is 5.91 Å². The predicted octanol–water partition coefficient (Wildman–Crippen LogP) is 1.37. The summed E-state index contributed by atoms with van der Waals surface area (Å²) >= 11 is 6.39. The van der Waals surface area contributed by atoms with E-state index in [1.165, 1.54) is 6.20 Å². The first-order valence-corrected chi connectivity index (χ1v) is 6.79. The van der Waals surface area contributed by atoms with Crippen LogP contribution in [0.15, 0.2) is 27.8 Å². The van der Waals surface area contributed by atoms with Crippen molar-refractivity contribution in [3.8, 4) is 0 Å². The van der Waals surface area contributed by atoms with E-state index in [9.17, 15) is 4.79 Å². The Morgan fingerprint density at radius 3 is 2.79 bits per heavy atom. The largest absolute Gasteiger partial charge is 0.316 e. The molecule has 0 aliphatic carbocycles. The van der Waals surface area contributed by atoms with Gasteiger partial charge in [-0.05, 0) is 31.9 Å². The van der Waals surface area contributed by atoms with Crippen LogP contribution >= 0.6 is 31.9 Å². The highest BCUT2D eigenvalue weighted by atomic mass is 79.9. The van der Waals surface area contributed by atoms with Gasteiger partial charge < -0.3 is 11.1 Å². The summed E-state index contributed by atoms with van der Waals surface area (Å²) in [7, 11) is 1.75. The molecule has 0 saturated heterocycles. The number of hydrogen-bond donors (Lipinski definition) is 2. The maximum atomic E-state index is 12.0. The van der Waals surface area contributed by atoms with Gasteiger partial charge in [-0.2, -0.15) is 5.10 Å². The third-order valence-corrected chi connectivity index (χ3v) is 3.24. The molecule has 0 saturated carbocycles. The zero-order chi connectivity index (χ0) is 14.0. The smallest absolute Gasteiger partial charge is 0.247 e. The molecule has 0 fully saturated rings. The molecule has 1 atom stereocenters. The highest BCUT2D eigenvalue weighted by Crippen LogP contribution is 2.20. The van der Waals surface area contributed by atoms with Gasteiger partial charge in [-0.3, -0.25) is 9.48 Å². The first-order valence-electron chi connectivity index (χ1n) is 5.20. The van der Waals surface area contributed by atoms with Crippen LogP contribution in [-0.2, 0) is 11.8 Å².